The molecule has 0 fully saturated rings. The molecule has 0 amide bonds. The molecule has 0 aliphatic heterocycles. The average Bonchev–Trinajstić information content (AvgIpc) is 2.24. The summed E-state index contributed by atoms with van der Waals surface area (Å²) in [6.07, 6.45) is 2.54. The number of nitrogens with one attached hydrogen (secondary N) is 1. The number of hydrogen-bond donors (Lipinski definition) is 2. The van der Waals surface area contributed by atoms with Crippen molar-refractivity contribution in [3.05, 3.63) is 47.8 Å². The van der Waals surface area contributed by atoms with Gasteiger partial charge < -0.3 is 10.4 Å². The largest absolute Gasteiger partial charge is 0.478 e. The number of carboxylic acid groups (broad SMARTS) is 1. The highest BCUT2D eigenvalue weighted by Crippen LogP contribution is 2.15. The van der Waals surface area contributed by atoms with Gasteiger partial charge in [0.25, 0.3) is 0 Å². The molecule has 3 nitrogen and oxygen atoms in total. The third kappa shape index (κ3) is 3.82. The first-order chi connectivity index (χ1) is 7.61. The van der Waals surface area contributed by atoms with Crippen molar-refractivity contribution >= 4 is 5.97 Å². The van der Waals surface area contributed by atoms with E-state index in [9.17, 15) is 9.18 Å². The van der Waals surface area contributed by atoms with Gasteiger partial charge in [0, 0.05) is 24.2 Å². The van der Waals surface area contributed by atoms with Crippen LogP contribution in [0, 0.1) is 5.82 Å². The maximum atomic E-state index is 13.3. The van der Waals surface area contributed by atoms with E-state index >= 15 is 0 Å². The Morgan fingerprint density at radius 2 is 2.25 bits per heavy atom. The molecule has 1 aromatic carbocycles. The number of rotatable bonds is 5. The quantitative estimate of drug-likeness (QED) is 0.752. The Morgan fingerprint density at radius 1 is 1.56 bits per heavy atom. The summed E-state index contributed by atoms with van der Waals surface area (Å²) in [7, 11) is 0. The molecular formula is C12H14FNO2. The van der Waals surface area contributed by atoms with Gasteiger partial charge in [0.15, 0.2) is 0 Å². The zero-order valence-electron chi connectivity index (χ0n) is 8.98. The lowest BCUT2D eigenvalue weighted by Crippen LogP contribution is -2.19. The maximum absolute atomic E-state index is 13.3. The molecule has 0 aliphatic rings. The molecule has 0 heterocycles. The number of carboxylic acids is 1. The van der Waals surface area contributed by atoms with Crippen LogP contribution in [0.4, 0.5) is 4.39 Å². The van der Waals surface area contributed by atoms with Crippen molar-refractivity contribution in [3.8, 4) is 0 Å². The van der Waals surface area contributed by atoms with Crippen LogP contribution in [-0.4, -0.2) is 17.6 Å². The molecule has 16 heavy (non-hydrogen) atoms. The number of halogens is 1. The van der Waals surface area contributed by atoms with Crippen LogP contribution < -0.4 is 5.32 Å². The topological polar surface area (TPSA) is 49.3 Å². The van der Waals surface area contributed by atoms with Crippen LogP contribution in [0.25, 0.3) is 0 Å². The van der Waals surface area contributed by atoms with E-state index in [0.29, 0.717) is 12.1 Å². The molecule has 0 bridgehead atoms. The van der Waals surface area contributed by atoms with E-state index in [0.717, 1.165) is 6.08 Å². The third-order valence-electron chi connectivity index (χ3n) is 2.17. The van der Waals surface area contributed by atoms with Gasteiger partial charge in [-0.05, 0) is 13.0 Å². The smallest absolute Gasteiger partial charge is 0.328 e. The fourth-order valence-electron chi connectivity index (χ4n) is 1.34. The number of carbonyl (C=O) groups is 1. The minimum Gasteiger partial charge on any atom is -0.478 e. The molecule has 86 valence electrons. The van der Waals surface area contributed by atoms with E-state index < -0.39 is 5.97 Å². The van der Waals surface area contributed by atoms with Gasteiger partial charge in [-0.25, -0.2) is 9.18 Å². The average molecular weight is 223 g/mol. The monoisotopic (exact) mass is 223 g/mol. The van der Waals surface area contributed by atoms with Crippen LogP contribution in [0.15, 0.2) is 36.4 Å². The van der Waals surface area contributed by atoms with Gasteiger partial charge in [0.05, 0.1) is 0 Å². The van der Waals surface area contributed by atoms with Crippen molar-refractivity contribution in [1.82, 2.24) is 5.32 Å². The van der Waals surface area contributed by atoms with E-state index in [1.807, 2.05) is 6.92 Å². The van der Waals surface area contributed by atoms with Gasteiger partial charge in [0.2, 0.25) is 0 Å². The summed E-state index contributed by atoms with van der Waals surface area (Å²) in [5, 5.41) is 11.4. The highest BCUT2D eigenvalue weighted by molar-refractivity contribution is 5.79. The van der Waals surface area contributed by atoms with E-state index in [1.165, 1.54) is 12.1 Å². The lowest BCUT2D eigenvalue weighted by atomic mass is 10.1. The first kappa shape index (κ1) is 12.4. The standard InChI is InChI=1S/C12H14FNO2/c1-9(14-8-4-7-12(15)16)10-5-2-3-6-11(10)13/h2-7,9,14H,8H2,1H3,(H,15,16)/b7-4+/t9-/m1/s1. The molecule has 2 N–H and O–H groups in total. The van der Waals surface area contributed by atoms with Gasteiger partial charge in [-0.3, -0.25) is 0 Å². The molecular weight excluding hydrogens is 209 g/mol. The normalized spacial score (nSPS) is 12.9. The second-order valence-electron chi connectivity index (χ2n) is 3.39. The van der Waals surface area contributed by atoms with Crippen LogP contribution in [-0.2, 0) is 4.79 Å². The summed E-state index contributed by atoms with van der Waals surface area (Å²) in [5.74, 6) is -1.25. The van der Waals surface area contributed by atoms with Crippen molar-refractivity contribution in [2.45, 2.75) is 13.0 Å². The zero-order valence-corrected chi connectivity index (χ0v) is 8.98. The Kier molecular flexibility index (Phi) is 4.66. The Hall–Kier alpha value is -1.68. The first-order valence-corrected chi connectivity index (χ1v) is 4.98. The van der Waals surface area contributed by atoms with Crippen molar-refractivity contribution in [1.29, 1.82) is 0 Å². The van der Waals surface area contributed by atoms with Crippen molar-refractivity contribution in [2.24, 2.45) is 0 Å². The van der Waals surface area contributed by atoms with Gasteiger partial charge >= 0.3 is 5.97 Å². The summed E-state index contributed by atoms with van der Waals surface area (Å²) < 4.78 is 13.3. The van der Waals surface area contributed by atoms with Gasteiger partial charge in [-0.2, -0.15) is 0 Å². The SMILES string of the molecule is C[C@@H](NC/C=C/C(=O)O)c1ccccc1F. The Balaban J connectivity index is 2.50. The van der Waals surface area contributed by atoms with Gasteiger partial charge in [-0.1, -0.05) is 24.3 Å². The second kappa shape index (κ2) is 6.02. The van der Waals surface area contributed by atoms with Gasteiger partial charge in [-0.15, -0.1) is 0 Å². The number of benzene rings is 1. The molecule has 4 heteroatoms. The van der Waals surface area contributed by atoms with Crippen LogP contribution in [0.3, 0.4) is 0 Å². The highest BCUT2D eigenvalue weighted by Gasteiger charge is 2.07. The molecule has 0 radical (unpaired) electrons. The molecule has 0 aromatic heterocycles. The predicted molar refractivity (Wildman–Crippen MR) is 59.6 cm³/mol. The zero-order chi connectivity index (χ0) is 12.0. The van der Waals surface area contributed by atoms with Crippen molar-refractivity contribution in [3.63, 3.8) is 0 Å². The van der Waals surface area contributed by atoms with Crippen molar-refractivity contribution in [2.75, 3.05) is 6.54 Å². The van der Waals surface area contributed by atoms with E-state index in [2.05, 4.69) is 5.32 Å². The third-order valence-corrected chi connectivity index (χ3v) is 2.17. The summed E-state index contributed by atoms with van der Waals surface area (Å²) in [6.45, 7) is 2.22. The predicted octanol–water partition coefficient (Wildman–Crippen LogP) is 2.12. The number of aliphatic carboxylic acids is 1. The van der Waals surface area contributed by atoms with Crippen molar-refractivity contribution < 1.29 is 14.3 Å². The highest BCUT2D eigenvalue weighted by atomic mass is 19.1. The molecule has 0 saturated heterocycles. The number of hydrogen-bond acceptors (Lipinski definition) is 2. The molecule has 0 saturated carbocycles. The molecule has 0 aliphatic carbocycles. The summed E-state index contributed by atoms with van der Waals surface area (Å²) in [6, 6.07) is 6.35. The fraction of sp³-hybridized carbons (Fsp3) is 0.250. The minimum atomic E-state index is -0.986. The van der Waals surface area contributed by atoms with Crippen LogP contribution >= 0.6 is 0 Å². The van der Waals surface area contributed by atoms with E-state index in [1.54, 1.807) is 18.2 Å². The minimum absolute atomic E-state index is 0.153. The van der Waals surface area contributed by atoms with Crippen LogP contribution in [0.2, 0.25) is 0 Å². The Labute approximate surface area is 93.6 Å². The van der Waals surface area contributed by atoms with Crippen LogP contribution in [0.5, 0.6) is 0 Å². The molecule has 0 unspecified atom stereocenters. The lowest BCUT2D eigenvalue weighted by molar-refractivity contribution is -0.131. The Morgan fingerprint density at radius 3 is 2.88 bits per heavy atom. The summed E-state index contributed by atoms with van der Waals surface area (Å²) >= 11 is 0. The van der Waals surface area contributed by atoms with Crippen LogP contribution in [0.1, 0.15) is 18.5 Å². The molecule has 1 aromatic rings. The lowest BCUT2D eigenvalue weighted by Gasteiger charge is -2.13. The summed E-state index contributed by atoms with van der Waals surface area (Å²) in [5.41, 5.74) is 0.575. The first-order valence-electron chi connectivity index (χ1n) is 4.98. The Bertz CT molecular complexity index is 390. The summed E-state index contributed by atoms with van der Waals surface area (Å²) in [4.78, 5) is 10.2. The molecule has 1 rings (SSSR count). The molecule has 1 atom stereocenters. The van der Waals surface area contributed by atoms with Gasteiger partial charge in [0.1, 0.15) is 5.82 Å². The van der Waals surface area contributed by atoms with E-state index in [4.69, 9.17) is 5.11 Å². The van der Waals surface area contributed by atoms with E-state index in [-0.39, 0.29) is 11.9 Å². The molecule has 0 spiro atoms. The fourth-order valence-corrected chi connectivity index (χ4v) is 1.34. The maximum Gasteiger partial charge on any atom is 0.328 e. The second-order valence-corrected chi connectivity index (χ2v) is 3.39.